The average molecular weight is 293 g/mol. The Kier molecular flexibility index (Phi) is 5.25. The molecule has 0 amide bonds. The molecule has 1 atom stereocenters. The molecule has 0 bridgehead atoms. The highest BCUT2D eigenvalue weighted by Crippen LogP contribution is 2.26. The van der Waals surface area contributed by atoms with Crippen LogP contribution < -0.4 is 5.32 Å². The SMILES string of the molecule is CNC(C)c1ccnc(SCc2ccccc2Cl)c1. The van der Waals surface area contributed by atoms with Gasteiger partial charge in [0.1, 0.15) is 0 Å². The standard InChI is InChI=1S/C15H17ClN2S/c1-11(17-2)12-7-8-18-15(9-12)19-10-13-5-3-4-6-14(13)16/h3-9,11,17H,10H2,1-2H3. The van der Waals surface area contributed by atoms with Gasteiger partial charge in [0.05, 0.1) is 5.03 Å². The lowest BCUT2D eigenvalue weighted by molar-refractivity contribution is 0.649. The molecular weight excluding hydrogens is 276 g/mol. The van der Waals surface area contributed by atoms with Gasteiger partial charge < -0.3 is 5.32 Å². The van der Waals surface area contributed by atoms with Gasteiger partial charge in [-0.05, 0) is 43.3 Å². The highest BCUT2D eigenvalue weighted by atomic mass is 35.5. The molecule has 0 aliphatic carbocycles. The number of nitrogens with zero attached hydrogens (tertiary/aromatic N) is 1. The third kappa shape index (κ3) is 3.96. The minimum atomic E-state index is 0.336. The Morgan fingerprint density at radius 1 is 1.32 bits per heavy atom. The first-order valence-electron chi connectivity index (χ1n) is 6.20. The van der Waals surface area contributed by atoms with E-state index in [2.05, 4.69) is 29.4 Å². The van der Waals surface area contributed by atoms with E-state index in [4.69, 9.17) is 11.6 Å². The number of aromatic nitrogens is 1. The zero-order valence-electron chi connectivity index (χ0n) is 11.1. The summed E-state index contributed by atoms with van der Waals surface area (Å²) in [6.07, 6.45) is 1.86. The molecule has 1 aromatic carbocycles. The van der Waals surface area contributed by atoms with Crippen LogP contribution in [0.25, 0.3) is 0 Å². The Morgan fingerprint density at radius 3 is 2.84 bits per heavy atom. The smallest absolute Gasteiger partial charge is 0.0966 e. The summed E-state index contributed by atoms with van der Waals surface area (Å²) in [5.74, 6) is 0.837. The molecule has 0 fully saturated rings. The van der Waals surface area contributed by atoms with Crippen LogP contribution in [0.4, 0.5) is 0 Å². The molecule has 2 nitrogen and oxygen atoms in total. The van der Waals surface area contributed by atoms with E-state index in [0.717, 1.165) is 21.4 Å². The Bertz CT molecular complexity index is 545. The molecule has 0 saturated carbocycles. The van der Waals surface area contributed by atoms with E-state index >= 15 is 0 Å². The quantitative estimate of drug-likeness (QED) is 0.831. The molecule has 1 heterocycles. The summed E-state index contributed by atoms with van der Waals surface area (Å²) >= 11 is 7.86. The van der Waals surface area contributed by atoms with Gasteiger partial charge in [-0.2, -0.15) is 0 Å². The van der Waals surface area contributed by atoms with Crippen molar-refractivity contribution < 1.29 is 0 Å². The normalized spacial score (nSPS) is 12.4. The van der Waals surface area contributed by atoms with Crippen molar-refractivity contribution >= 4 is 23.4 Å². The predicted octanol–water partition coefficient (Wildman–Crippen LogP) is 4.31. The van der Waals surface area contributed by atoms with E-state index in [-0.39, 0.29) is 0 Å². The number of rotatable bonds is 5. The van der Waals surface area contributed by atoms with Crippen LogP contribution in [-0.2, 0) is 5.75 Å². The van der Waals surface area contributed by atoms with Crippen molar-refractivity contribution in [3.05, 3.63) is 58.7 Å². The fraction of sp³-hybridized carbons (Fsp3) is 0.267. The second-order valence-electron chi connectivity index (χ2n) is 4.32. The first kappa shape index (κ1) is 14.4. The number of nitrogens with one attached hydrogen (secondary N) is 1. The minimum absolute atomic E-state index is 0.336. The molecule has 1 unspecified atom stereocenters. The Hall–Kier alpha value is -1.03. The average Bonchev–Trinajstić information content (AvgIpc) is 2.46. The molecule has 4 heteroatoms. The van der Waals surface area contributed by atoms with Crippen molar-refractivity contribution in [1.29, 1.82) is 0 Å². The monoisotopic (exact) mass is 292 g/mol. The number of pyridine rings is 1. The fourth-order valence-electron chi connectivity index (χ4n) is 1.71. The van der Waals surface area contributed by atoms with Crippen molar-refractivity contribution in [2.75, 3.05) is 7.05 Å². The molecule has 1 N–H and O–H groups in total. The van der Waals surface area contributed by atoms with Gasteiger partial charge in [-0.3, -0.25) is 0 Å². The maximum atomic E-state index is 6.15. The molecule has 0 aliphatic rings. The van der Waals surface area contributed by atoms with Gasteiger partial charge in [0.2, 0.25) is 0 Å². The van der Waals surface area contributed by atoms with Crippen molar-refractivity contribution in [1.82, 2.24) is 10.3 Å². The molecule has 0 aliphatic heterocycles. The van der Waals surface area contributed by atoms with Gasteiger partial charge in [-0.1, -0.05) is 29.8 Å². The largest absolute Gasteiger partial charge is 0.313 e. The molecular formula is C15H17ClN2S. The number of benzene rings is 1. The minimum Gasteiger partial charge on any atom is -0.313 e. The van der Waals surface area contributed by atoms with Crippen LogP contribution in [0, 0.1) is 0 Å². The summed E-state index contributed by atoms with van der Waals surface area (Å²) in [4.78, 5) is 4.39. The van der Waals surface area contributed by atoms with Crippen LogP contribution >= 0.6 is 23.4 Å². The van der Waals surface area contributed by atoms with Crippen LogP contribution in [0.3, 0.4) is 0 Å². The Morgan fingerprint density at radius 2 is 2.11 bits per heavy atom. The summed E-state index contributed by atoms with van der Waals surface area (Å²) in [7, 11) is 1.96. The summed E-state index contributed by atoms with van der Waals surface area (Å²) in [5, 5.41) is 5.08. The number of thioether (sulfide) groups is 1. The van der Waals surface area contributed by atoms with Crippen LogP contribution in [0.1, 0.15) is 24.1 Å². The lowest BCUT2D eigenvalue weighted by Gasteiger charge is -2.11. The van der Waals surface area contributed by atoms with Crippen LogP contribution in [0.15, 0.2) is 47.6 Å². The summed E-state index contributed by atoms with van der Waals surface area (Å²) in [6.45, 7) is 2.14. The zero-order chi connectivity index (χ0) is 13.7. The lowest BCUT2D eigenvalue weighted by Crippen LogP contribution is -2.12. The van der Waals surface area contributed by atoms with E-state index in [1.807, 2.05) is 37.5 Å². The van der Waals surface area contributed by atoms with Gasteiger partial charge >= 0.3 is 0 Å². The lowest BCUT2D eigenvalue weighted by atomic mass is 10.1. The molecule has 19 heavy (non-hydrogen) atoms. The van der Waals surface area contributed by atoms with Crippen molar-refractivity contribution in [2.45, 2.75) is 23.7 Å². The van der Waals surface area contributed by atoms with Crippen LogP contribution in [0.2, 0.25) is 5.02 Å². The second-order valence-corrected chi connectivity index (χ2v) is 5.72. The van der Waals surface area contributed by atoms with E-state index in [9.17, 15) is 0 Å². The van der Waals surface area contributed by atoms with Crippen LogP contribution in [-0.4, -0.2) is 12.0 Å². The zero-order valence-corrected chi connectivity index (χ0v) is 12.6. The van der Waals surface area contributed by atoms with E-state index < -0.39 is 0 Å². The predicted molar refractivity (Wildman–Crippen MR) is 82.7 cm³/mol. The van der Waals surface area contributed by atoms with Gasteiger partial charge in [-0.15, -0.1) is 11.8 Å². The fourth-order valence-corrected chi connectivity index (χ4v) is 2.90. The molecule has 2 aromatic rings. The topological polar surface area (TPSA) is 24.9 Å². The molecule has 0 saturated heterocycles. The Labute approximate surface area is 123 Å². The van der Waals surface area contributed by atoms with E-state index in [0.29, 0.717) is 6.04 Å². The summed E-state index contributed by atoms with van der Waals surface area (Å²) in [6, 6.07) is 12.4. The third-order valence-electron chi connectivity index (χ3n) is 3.03. The number of hydrogen-bond acceptors (Lipinski definition) is 3. The molecule has 0 spiro atoms. The first-order chi connectivity index (χ1) is 9.20. The van der Waals surface area contributed by atoms with Gasteiger partial charge in [-0.25, -0.2) is 4.98 Å². The molecule has 0 radical (unpaired) electrons. The molecule has 100 valence electrons. The summed E-state index contributed by atoms with van der Waals surface area (Å²) < 4.78 is 0. The van der Waals surface area contributed by atoms with E-state index in [1.54, 1.807) is 11.8 Å². The van der Waals surface area contributed by atoms with Crippen molar-refractivity contribution in [3.63, 3.8) is 0 Å². The second kappa shape index (κ2) is 6.94. The highest BCUT2D eigenvalue weighted by molar-refractivity contribution is 7.98. The van der Waals surface area contributed by atoms with Gasteiger partial charge in [0.15, 0.2) is 0 Å². The first-order valence-corrected chi connectivity index (χ1v) is 7.56. The maximum Gasteiger partial charge on any atom is 0.0966 e. The van der Waals surface area contributed by atoms with Gasteiger partial charge in [0.25, 0.3) is 0 Å². The van der Waals surface area contributed by atoms with Crippen LogP contribution in [0.5, 0.6) is 0 Å². The van der Waals surface area contributed by atoms with Crippen molar-refractivity contribution in [2.24, 2.45) is 0 Å². The molecule has 2 rings (SSSR count). The number of hydrogen-bond donors (Lipinski definition) is 1. The van der Waals surface area contributed by atoms with Crippen molar-refractivity contribution in [3.8, 4) is 0 Å². The summed E-state index contributed by atoms with van der Waals surface area (Å²) in [5.41, 5.74) is 2.39. The Balaban J connectivity index is 2.06. The molecule has 1 aromatic heterocycles. The van der Waals surface area contributed by atoms with Gasteiger partial charge in [0, 0.05) is 23.0 Å². The third-order valence-corrected chi connectivity index (χ3v) is 4.37. The number of halogens is 1. The maximum absolute atomic E-state index is 6.15. The van der Waals surface area contributed by atoms with E-state index in [1.165, 1.54) is 5.56 Å². The highest BCUT2D eigenvalue weighted by Gasteiger charge is 2.05.